The van der Waals surface area contributed by atoms with Gasteiger partial charge in [0.15, 0.2) is 5.82 Å². The number of nitrogen functional groups attached to an aromatic ring is 1. The van der Waals surface area contributed by atoms with Gasteiger partial charge in [0.25, 0.3) is 5.89 Å². The number of halogens is 1. The number of benzene rings is 1. The van der Waals surface area contributed by atoms with Crippen molar-refractivity contribution in [1.82, 2.24) is 10.1 Å². The third-order valence-electron chi connectivity index (χ3n) is 2.18. The molecule has 0 aliphatic rings. The SMILES string of the molecule is CCCc1noc(-c2ccc(Br)c(N)c2)n1. The molecule has 0 atom stereocenters. The lowest BCUT2D eigenvalue weighted by molar-refractivity contribution is 0.422. The lowest BCUT2D eigenvalue weighted by Gasteiger charge is -1.99. The fourth-order valence-electron chi connectivity index (χ4n) is 1.37. The van der Waals surface area contributed by atoms with E-state index in [0.717, 1.165) is 28.7 Å². The maximum Gasteiger partial charge on any atom is 0.257 e. The lowest BCUT2D eigenvalue weighted by atomic mass is 10.2. The first-order valence-electron chi connectivity index (χ1n) is 5.08. The van der Waals surface area contributed by atoms with E-state index >= 15 is 0 Å². The molecule has 2 aromatic rings. The van der Waals surface area contributed by atoms with E-state index in [4.69, 9.17) is 10.3 Å². The smallest absolute Gasteiger partial charge is 0.257 e. The summed E-state index contributed by atoms with van der Waals surface area (Å²) in [7, 11) is 0. The van der Waals surface area contributed by atoms with Gasteiger partial charge in [0.1, 0.15) is 0 Å². The van der Waals surface area contributed by atoms with Gasteiger partial charge in [-0.15, -0.1) is 0 Å². The molecule has 0 bridgehead atoms. The zero-order valence-corrected chi connectivity index (χ0v) is 10.5. The van der Waals surface area contributed by atoms with Crippen LogP contribution < -0.4 is 5.73 Å². The minimum absolute atomic E-state index is 0.516. The van der Waals surface area contributed by atoms with Crippen molar-refractivity contribution in [3.8, 4) is 11.5 Å². The van der Waals surface area contributed by atoms with Crippen molar-refractivity contribution in [1.29, 1.82) is 0 Å². The molecule has 1 aromatic heterocycles. The number of hydrogen-bond acceptors (Lipinski definition) is 4. The van der Waals surface area contributed by atoms with Crippen molar-refractivity contribution < 1.29 is 4.52 Å². The molecule has 0 spiro atoms. The quantitative estimate of drug-likeness (QED) is 0.879. The van der Waals surface area contributed by atoms with E-state index in [0.29, 0.717) is 11.6 Å². The number of nitrogens with zero attached hydrogens (tertiary/aromatic N) is 2. The first kappa shape index (κ1) is 11.1. The summed E-state index contributed by atoms with van der Waals surface area (Å²) in [5.41, 5.74) is 7.29. The topological polar surface area (TPSA) is 64.9 Å². The Bertz CT molecular complexity index is 496. The van der Waals surface area contributed by atoms with Crippen LogP contribution in [0.4, 0.5) is 5.69 Å². The highest BCUT2D eigenvalue weighted by atomic mass is 79.9. The average Bonchev–Trinajstić information content (AvgIpc) is 2.71. The number of hydrogen-bond donors (Lipinski definition) is 1. The van der Waals surface area contributed by atoms with Crippen LogP contribution >= 0.6 is 15.9 Å². The van der Waals surface area contributed by atoms with Crippen LogP contribution in [0.1, 0.15) is 19.2 Å². The van der Waals surface area contributed by atoms with Crippen LogP contribution in [0.3, 0.4) is 0 Å². The van der Waals surface area contributed by atoms with Crippen LogP contribution in [0.15, 0.2) is 27.2 Å². The Labute approximate surface area is 102 Å². The molecule has 0 aliphatic heterocycles. The van der Waals surface area contributed by atoms with Crippen LogP contribution in [0, 0.1) is 0 Å². The van der Waals surface area contributed by atoms with Crippen molar-refractivity contribution in [2.75, 3.05) is 5.73 Å². The van der Waals surface area contributed by atoms with Crippen LogP contribution in [-0.2, 0) is 6.42 Å². The van der Waals surface area contributed by atoms with Gasteiger partial charge in [0, 0.05) is 22.1 Å². The van der Waals surface area contributed by atoms with E-state index in [1.54, 1.807) is 0 Å². The number of nitrogens with two attached hydrogens (primary N) is 1. The number of rotatable bonds is 3. The Kier molecular flexibility index (Phi) is 3.24. The van der Waals surface area contributed by atoms with Gasteiger partial charge in [-0.1, -0.05) is 12.1 Å². The molecule has 4 nitrogen and oxygen atoms in total. The molecular weight excluding hydrogens is 270 g/mol. The summed E-state index contributed by atoms with van der Waals surface area (Å²) in [5, 5.41) is 3.90. The summed E-state index contributed by atoms with van der Waals surface area (Å²) < 4.78 is 6.03. The highest BCUT2D eigenvalue weighted by Crippen LogP contribution is 2.26. The zero-order chi connectivity index (χ0) is 11.5. The third-order valence-corrected chi connectivity index (χ3v) is 2.91. The molecule has 0 radical (unpaired) electrons. The summed E-state index contributed by atoms with van der Waals surface area (Å²) >= 11 is 3.34. The highest BCUT2D eigenvalue weighted by molar-refractivity contribution is 9.10. The maximum atomic E-state index is 5.79. The molecule has 1 heterocycles. The van der Waals surface area contributed by atoms with Gasteiger partial charge in [-0.05, 0) is 40.5 Å². The average molecular weight is 282 g/mol. The Balaban J connectivity index is 2.31. The monoisotopic (exact) mass is 281 g/mol. The summed E-state index contributed by atoms with van der Waals surface area (Å²) in [6, 6.07) is 5.57. The van der Waals surface area contributed by atoms with Gasteiger partial charge in [-0.3, -0.25) is 0 Å². The first-order valence-corrected chi connectivity index (χ1v) is 5.88. The highest BCUT2D eigenvalue weighted by Gasteiger charge is 2.09. The Morgan fingerprint density at radius 1 is 1.44 bits per heavy atom. The molecular formula is C11H12BrN3O. The van der Waals surface area contributed by atoms with Crippen LogP contribution in [0.5, 0.6) is 0 Å². The Morgan fingerprint density at radius 3 is 2.94 bits per heavy atom. The van der Waals surface area contributed by atoms with Crippen molar-refractivity contribution in [2.24, 2.45) is 0 Å². The van der Waals surface area contributed by atoms with Crippen LogP contribution in [0.2, 0.25) is 0 Å². The number of aryl methyl sites for hydroxylation is 1. The molecule has 2 N–H and O–H groups in total. The normalized spacial score (nSPS) is 10.6. The standard InChI is InChI=1S/C11H12BrN3O/c1-2-3-10-14-11(16-15-10)7-4-5-8(12)9(13)6-7/h4-6H,2-3,13H2,1H3. The van der Waals surface area contributed by atoms with Crippen molar-refractivity contribution in [2.45, 2.75) is 19.8 Å². The molecule has 84 valence electrons. The van der Waals surface area contributed by atoms with Gasteiger partial charge in [0.05, 0.1) is 0 Å². The Hall–Kier alpha value is -1.36. The second-order valence-corrected chi connectivity index (χ2v) is 4.36. The lowest BCUT2D eigenvalue weighted by Crippen LogP contribution is -1.88. The fraction of sp³-hybridized carbons (Fsp3) is 0.273. The number of aromatic nitrogens is 2. The largest absolute Gasteiger partial charge is 0.398 e. The summed E-state index contributed by atoms with van der Waals surface area (Å²) in [6.45, 7) is 2.08. The summed E-state index contributed by atoms with van der Waals surface area (Å²) in [5.74, 6) is 1.25. The molecule has 5 heteroatoms. The number of anilines is 1. The molecule has 0 saturated carbocycles. The van der Waals surface area contributed by atoms with Gasteiger partial charge in [-0.25, -0.2) is 0 Å². The molecule has 0 amide bonds. The third kappa shape index (κ3) is 2.24. The molecule has 0 fully saturated rings. The van der Waals surface area contributed by atoms with Crippen molar-refractivity contribution in [3.05, 3.63) is 28.5 Å². The van der Waals surface area contributed by atoms with Gasteiger partial charge < -0.3 is 10.3 Å². The molecule has 16 heavy (non-hydrogen) atoms. The van der Waals surface area contributed by atoms with E-state index < -0.39 is 0 Å². The van der Waals surface area contributed by atoms with Crippen molar-refractivity contribution in [3.63, 3.8) is 0 Å². The molecule has 2 rings (SSSR count). The first-order chi connectivity index (χ1) is 7.70. The van der Waals surface area contributed by atoms with Gasteiger partial charge in [-0.2, -0.15) is 4.98 Å². The molecule has 0 unspecified atom stereocenters. The molecule has 0 saturated heterocycles. The molecule has 0 aliphatic carbocycles. The fourth-order valence-corrected chi connectivity index (χ4v) is 1.62. The van der Waals surface area contributed by atoms with Crippen LogP contribution in [0.25, 0.3) is 11.5 Å². The molecule has 1 aromatic carbocycles. The summed E-state index contributed by atoms with van der Waals surface area (Å²) in [4.78, 5) is 4.29. The van der Waals surface area contributed by atoms with Gasteiger partial charge in [0.2, 0.25) is 0 Å². The maximum absolute atomic E-state index is 5.79. The second-order valence-electron chi connectivity index (χ2n) is 3.50. The van der Waals surface area contributed by atoms with E-state index in [1.165, 1.54) is 0 Å². The minimum Gasteiger partial charge on any atom is -0.398 e. The van der Waals surface area contributed by atoms with E-state index in [-0.39, 0.29) is 0 Å². The van der Waals surface area contributed by atoms with E-state index in [2.05, 4.69) is 33.0 Å². The summed E-state index contributed by atoms with van der Waals surface area (Å²) in [6.07, 6.45) is 1.83. The van der Waals surface area contributed by atoms with Crippen molar-refractivity contribution >= 4 is 21.6 Å². The van der Waals surface area contributed by atoms with E-state index in [9.17, 15) is 0 Å². The second kappa shape index (κ2) is 4.65. The van der Waals surface area contributed by atoms with Gasteiger partial charge >= 0.3 is 0 Å². The van der Waals surface area contributed by atoms with E-state index in [1.807, 2.05) is 18.2 Å². The Morgan fingerprint density at radius 2 is 2.25 bits per heavy atom. The predicted octanol–water partition coefficient (Wildman–Crippen LogP) is 3.03. The van der Waals surface area contributed by atoms with Crippen LogP contribution in [-0.4, -0.2) is 10.1 Å². The minimum atomic E-state index is 0.516. The predicted molar refractivity (Wildman–Crippen MR) is 65.8 cm³/mol. The zero-order valence-electron chi connectivity index (χ0n) is 8.90.